The van der Waals surface area contributed by atoms with Gasteiger partial charge in [-0.25, -0.2) is 4.98 Å². The van der Waals surface area contributed by atoms with E-state index in [0.29, 0.717) is 18.3 Å². The van der Waals surface area contributed by atoms with E-state index in [2.05, 4.69) is 19.6 Å². The SMILES string of the molecule is Cn1cnc(N(Cc2ccnc(-c3ccc(OC(F)(F)F)cc3)c2)C2CCC2)c1. The van der Waals surface area contributed by atoms with Crippen molar-refractivity contribution >= 4 is 5.82 Å². The molecule has 0 saturated heterocycles. The van der Waals surface area contributed by atoms with E-state index < -0.39 is 6.36 Å². The Morgan fingerprint density at radius 2 is 1.90 bits per heavy atom. The van der Waals surface area contributed by atoms with E-state index in [-0.39, 0.29) is 5.75 Å². The molecule has 0 aliphatic heterocycles. The van der Waals surface area contributed by atoms with Gasteiger partial charge in [0.1, 0.15) is 11.6 Å². The summed E-state index contributed by atoms with van der Waals surface area (Å²) < 4.78 is 42.9. The summed E-state index contributed by atoms with van der Waals surface area (Å²) in [6.07, 6.45) is 4.36. The lowest BCUT2D eigenvalue weighted by molar-refractivity contribution is -0.274. The lowest BCUT2D eigenvalue weighted by Gasteiger charge is -2.38. The van der Waals surface area contributed by atoms with E-state index in [1.807, 2.05) is 29.9 Å². The fraction of sp³-hybridized carbons (Fsp3) is 0.333. The van der Waals surface area contributed by atoms with Crippen molar-refractivity contribution in [1.29, 1.82) is 0 Å². The van der Waals surface area contributed by atoms with Gasteiger partial charge in [-0.2, -0.15) is 0 Å². The van der Waals surface area contributed by atoms with Crippen molar-refractivity contribution < 1.29 is 17.9 Å². The van der Waals surface area contributed by atoms with Crippen LogP contribution >= 0.6 is 0 Å². The van der Waals surface area contributed by atoms with Gasteiger partial charge in [-0.3, -0.25) is 4.98 Å². The van der Waals surface area contributed by atoms with Crippen LogP contribution < -0.4 is 9.64 Å². The average molecular weight is 402 g/mol. The summed E-state index contributed by atoms with van der Waals surface area (Å²) in [5.74, 6) is 0.702. The molecule has 3 aromatic rings. The van der Waals surface area contributed by atoms with Crippen LogP contribution in [0.5, 0.6) is 5.75 Å². The first-order valence-electron chi connectivity index (χ1n) is 9.43. The maximum atomic E-state index is 12.3. The van der Waals surface area contributed by atoms with E-state index in [1.54, 1.807) is 24.7 Å². The minimum Gasteiger partial charge on any atom is -0.406 e. The molecule has 1 aliphatic carbocycles. The molecular formula is C21H21F3N4O. The van der Waals surface area contributed by atoms with Crippen molar-refractivity contribution in [3.05, 3.63) is 60.7 Å². The molecule has 0 unspecified atom stereocenters. The normalized spacial score (nSPS) is 14.5. The van der Waals surface area contributed by atoms with Crippen LogP contribution in [0.25, 0.3) is 11.3 Å². The quantitative estimate of drug-likeness (QED) is 0.586. The lowest BCUT2D eigenvalue weighted by Crippen LogP contribution is -2.40. The molecule has 0 radical (unpaired) electrons. The van der Waals surface area contributed by atoms with Crippen molar-refractivity contribution in [3.63, 3.8) is 0 Å². The van der Waals surface area contributed by atoms with Gasteiger partial charge in [0.15, 0.2) is 0 Å². The van der Waals surface area contributed by atoms with Crippen molar-refractivity contribution in [1.82, 2.24) is 14.5 Å². The second-order valence-corrected chi connectivity index (χ2v) is 7.23. The molecule has 29 heavy (non-hydrogen) atoms. The summed E-state index contributed by atoms with van der Waals surface area (Å²) in [6, 6.07) is 10.1. The fourth-order valence-corrected chi connectivity index (χ4v) is 3.40. The number of anilines is 1. The molecule has 5 nitrogen and oxygen atoms in total. The van der Waals surface area contributed by atoms with E-state index in [4.69, 9.17) is 0 Å². The summed E-state index contributed by atoms with van der Waals surface area (Å²) in [7, 11) is 1.95. The Morgan fingerprint density at radius 1 is 1.14 bits per heavy atom. The van der Waals surface area contributed by atoms with Crippen LogP contribution in [0, 0.1) is 0 Å². The third-order valence-electron chi connectivity index (χ3n) is 5.06. The van der Waals surface area contributed by atoms with Gasteiger partial charge in [-0.15, -0.1) is 13.2 Å². The maximum Gasteiger partial charge on any atom is 0.573 e. The highest BCUT2D eigenvalue weighted by atomic mass is 19.4. The summed E-state index contributed by atoms with van der Waals surface area (Å²) >= 11 is 0. The van der Waals surface area contributed by atoms with E-state index in [0.717, 1.165) is 29.8 Å². The summed E-state index contributed by atoms with van der Waals surface area (Å²) in [6.45, 7) is 0.701. The largest absolute Gasteiger partial charge is 0.573 e. The second-order valence-electron chi connectivity index (χ2n) is 7.23. The van der Waals surface area contributed by atoms with Gasteiger partial charge in [-0.05, 0) is 61.2 Å². The number of ether oxygens (including phenoxy) is 1. The molecule has 1 aliphatic rings. The predicted molar refractivity (Wildman–Crippen MR) is 103 cm³/mol. The molecule has 1 saturated carbocycles. The molecule has 0 amide bonds. The maximum absolute atomic E-state index is 12.3. The van der Waals surface area contributed by atoms with Gasteiger partial charge in [0.2, 0.25) is 0 Å². The Labute approximate surface area is 166 Å². The summed E-state index contributed by atoms with van der Waals surface area (Å²) in [5, 5.41) is 0. The molecular weight excluding hydrogens is 381 g/mol. The molecule has 152 valence electrons. The number of rotatable bonds is 6. The predicted octanol–water partition coefficient (Wildman–Crippen LogP) is 4.94. The minimum atomic E-state index is -4.70. The first-order valence-corrected chi connectivity index (χ1v) is 9.43. The van der Waals surface area contributed by atoms with Crippen molar-refractivity contribution in [2.24, 2.45) is 7.05 Å². The van der Waals surface area contributed by atoms with E-state index in [1.165, 1.54) is 18.6 Å². The third kappa shape index (κ3) is 4.70. The highest BCUT2D eigenvalue weighted by molar-refractivity contribution is 5.61. The smallest absolute Gasteiger partial charge is 0.406 e. The number of hydrogen-bond acceptors (Lipinski definition) is 4. The van der Waals surface area contributed by atoms with Crippen molar-refractivity contribution in [2.45, 2.75) is 38.2 Å². The van der Waals surface area contributed by atoms with E-state index >= 15 is 0 Å². The molecule has 0 atom stereocenters. The zero-order valence-electron chi connectivity index (χ0n) is 15.9. The van der Waals surface area contributed by atoms with E-state index in [9.17, 15) is 13.2 Å². The van der Waals surface area contributed by atoms with Crippen LogP contribution in [0.3, 0.4) is 0 Å². The number of halogens is 3. The molecule has 8 heteroatoms. The molecule has 0 N–H and O–H groups in total. The van der Waals surface area contributed by atoms with Crippen LogP contribution in [0.1, 0.15) is 24.8 Å². The summed E-state index contributed by atoms with van der Waals surface area (Å²) in [4.78, 5) is 11.2. The topological polar surface area (TPSA) is 43.2 Å². The van der Waals surface area contributed by atoms with Gasteiger partial charge in [0.25, 0.3) is 0 Å². The van der Waals surface area contributed by atoms with Crippen LogP contribution in [0.2, 0.25) is 0 Å². The summed E-state index contributed by atoms with van der Waals surface area (Å²) in [5.41, 5.74) is 2.51. The Morgan fingerprint density at radius 3 is 2.48 bits per heavy atom. The molecule has 1 fully saturated rings. The average Bonchev–Trinajstić information content (AvgIpc) is 3.05. The molecule has 2 heterocycles. The zero-order valence-corrected chi connectivity index (χ0v) is 15.9. The number of hydrogen-bond donors (Lipinski definition) is 0. The zero-order chi connectivity index (χ0) is 20.4. The highest BCUT2D eigenvalue weighted by Crippen LogP contribution is 2.31. The lowest BCUT2D eigenvalue weighted by atomic mass is 9.91. The van der Waals surface area contributed by atoms with Gasteiger partial charge in [-0.1, -0.05) is 0 Å². The monoisotopic (exact) mass is 402 g/mol. The molecule has 0 bridgehead atoms. The van der Waals surface area contributed by atoms with Gasteiger partial charge in [0.05, 0.1) is 12.0 Å². The fourth-order valence-electron chi connectivity index (χ4n) is 3.40. The number of nitrogens with zero attached hydrogens (tertiary/aromatic N) is 4. The van der Waals surface area contributed by atoms with Crippen LogP contribution in [0.15, 0.2) is 55.1 Å². The van der Waals surface area contributed by atoms with Crippen LogP contribution in [-0.2, 0) is 13.6 Å². The second kappa shape index (κ2) is 7.77. The van der Waals surface area contributed by atoms with Crippen LogP contribution in [0.4, 0.5) is 19.0 Å². The van der Waals surface area contributed by atoms with Gasteiger partial charge >= 0.3 is 6.36 Å². The molecule has 4 rings (SSSR count). The Kier molecular flexibility index (Phi) is 5.17. The van der Waals surface area contributed by atoms with Gasteiger partial charge in [0, 0.05) is 37.6 Å². The molecule has 2 aromatic heterocycles. The number of aromatic nitrogens is 3. The Bertz CT molecular complexity index is 965. The molecule has 0 spiro atoms. The number of imidazole rings is 1. The first-order chi connectivity index (χ1) is 13.9. The van der Waals surface area contributed by atoms with Gasteiger partial charge < -0.3 is 14.2 Å². The van der Waals surface area contributed by atoms with Crippen molar-refractivity contribution in [3.8, 4) is 17.0 Å². The Balaban J connectivity index is 1.53. The highest BCUT2D eigenvalue weighted by Gasteiger charge is 2.31. The molecule has 1 aromatic carbocycles. The minimum absolute atomic E-state index is 0.247. The number of pyridine rings is 1. The Hall–Kier alpha value is -3.03. The number of alkyl halides is 3. The number of aryl methyl sites for hydroxylation is 1. The third-order valence-corrected chi connectivity index (χ3v) is 5.06. The first kappa shape index (κ1) is 19.3. The number of benzene rings is 1. The standard InChI is InChI=1S/C21H21F3N4O/c1-27-13-20(26-14-27)28(17-3-2-4-17)12-15-9-10-25-19(11-15)16-5-7-18(8-6-16)29-21(22,23)24/h5-11,13-14,17H,2-4,12H2,1H3. The van der Waals surface area contributed by atoms with Crippen LogP contribution in [-0.4, -0.2) is 26.9 Å². The van der Waals surface area contributed by atoms with Crippen molar-refractivity contribution in [2.75, 3.05) is 4.90 Å².